The predicted molar refractivity (Wildman–Crippen MR) is 72.2 cm³/mol. The van der Waals surface area contributed by atoms with E-state index in [1.165, 1.54) is 0 Å². The lowest BCUT2D eigenvalue weighted by molar-refractivity contribution is 0.102. The van der Waals surface area contributed by atoms with Crippen molar-refractivity contribution in [3.05, 3.63) is 53.1 Å². The summed E-state index contributed by atoms with van der Waals surface area (Å²) < 4.78 is 5.19. The maximum atomic E-state index is 12.4. The molecule has 1 aromatic carbocycles. The molecule has 0 saturated carbocycles. The van der Waals surface area contributed by atoms with Crippen molar-refractivity contribution < 1.29 is 9.53 Å². The molecule has 1 aliphatic carbocycles. The summed E-state index contributed by atoms with van der Waals surface area (Å²) in [5.74, 6) is 0.894. The van der Waals surface area contributed by atoms with Crippen LogP contribution in [0.5, 0.6) is 5.75 Å². The first-order valence-electron chi connectivity index (χ1n) is 6.18. The third kappa shape index (κ3) is 2.17. The van der Waals surface area contributed by atoms with Crippen molar-refractivity contribution in [3.63, 3.8) is 0 Å². The molecule has 0 atom stereocenters. The molecule has 1 heterocycles. The first-order valence-corrected chi connectivity index (χ1v) is 6.18. The lowest BCUT2D eigenvalue weighted by atomic mass is 9.86. The number of aromatic nitrogens is 2. The summed E-state index contributed by atoms with van der Waals surface area (Å²) in [5, 5.41) is 0. The molecule has 2 aromatic rings. The number of ketones is 1. The number of rotatable bonds is 2. The molecule has 0 fully saturated rings. The first kappa shape index (κ1) is 11.7. The monoisotopic (exact) mass is 254 g/mol. The van der Waals surface area contributed by atoms with Gasteiger partial charge in [0.15, 0.2) is 5.78 Å². The van der Waals surface area contributed by atoms with Crippen molar-refractivity contribution in [1.82, 2.24) is 9.97 Å². The lowest BCUT2D eigenvalue weighted by Gasteiger charge is -2.18. The quantitative estimate of drug-likeness (QED) is 0.838. The molecule has 0 bridgehead atoms. The molecule has 4 nitrogen and oxygen atoms in total. The zero-order valence-electron chi connectivity index (χ0n) is 10.6. The molecule has 19 heavy (non-hydrogen) atoms. The Morgan fingerprint density at radius 2 is 2.26 bits per heavy atom. The Morgan fingerprint density at radius 1 is 1.37 bits per heavy atom. The van der Waals surface area contributed by atoms with Gasteiger partial charge >= 0.3 is 0 Å². The Morgan fingerprint density at radius 3 is 3.00 bits per heavy atom. The number of benzene rings is 1. The molecule has 4 heteroatoms. The number of methoxy groups -OCH3 is 1. The minimum Gasteiger partial charge on any atom is -0.497 e. The molecular weight excluding hydrogens is 240 g/mol. The van der Waals surface area contributed by atoms with Gasteiger partial charge in [0.25, 0.3) is 0 Å². The Kier molecular flexibility index (Phi) is 2.91. The normalized spacial score (nSPS) is 16.5. The van der Waals surface area contributed by atoms with E-state index < -0.39 is 0 Å². The van der Waals surface area contributed by atoms with E-state index >= 15 is 0 Å². The number of carbonyl (C=O) groups excluding carboxylic acids is 1. The van der Waals surface area contributed by atoms with E-state index in [9.17, 15) is 4.79 Å². The molecule has 96 valence electrons. The second-order valence-electron chi connectivity index (χ2n) is 4.53. The molecule has 0 saturated heterocycles. The topological polar surface area (TPSA) is 55.0 Å². The zero-order chi connectivity index (χ0) is 13.2. The number of allylic oxidation sites excluding steroid dienone is 1. The van der Waals surface area contributed by atoms with Crippen LogP contribution in [0.2, 0.25) is 0 Å². The summed E-state index contributed by atoms with van der Waals surface area (Å²) in [4.78, 5) is 19.3. The van der Waals surface area contributed by atoms with Crippen LogP contribution in [0, 0.1) is 0 Å². The molecular formula is C15H14N2O2. The number of fused-ring (bicyclic) bond motifs is 1. The van der Waals surface area contributed by atoms with Crippen molar-refractivity contribution >= 4 is 11.9 Å². The predicted octanol–water partition coefficient (Wildman–Crippen LogP) is 2.63. The van der Waals surface area contributed by atoms with Crippen LogP contribution >= 0.6 is 0 Å². The Labute approximate surface area is 111 Å². The van der Waals surface area contributed by atoms with Crippen molar-refractivity contribution in [3.8, 4) is 5.75 Å². The summed E-state index contributed by atoms with van der Waals surface area (Å²) in [6, 6.07) is 5.62. The third-order valence-electron chi connectivity index (χ3n) is 3.36. The van der Waals surface area contributed by atoms with Crippen LogP contribution in [-0.4, -0.2) is 22.9 Å². The van der Waals surface area contributed by atoms with E-state index in [1.807, 2.05) is 24.3 Å². The second kappa shape index (κ2) is 4.72. The summed E-state index contributed by atoms with van der Waals surface area (Å²) >= 11 is 0. The van der Waals surface area contributed by atoms with Crippen LogP contribution in [0.15, 0.2) is 36.3 Å². The van der Waals surface area contributed by atoms with Crippen molar-refractivity contribution in [2.75, 3.05) is 7.11 Å². The van der Waals surface area contributed by atoms with E-state index in [1.54, 1.807) is 19.6 Å². The van der Waals surface area contributed by atoms with Gasteiger partial charge in [-0.3, -0.25) is 4.79 Å². The highest BCUT2D eigenvalue weighted by atomic mass is 16.5. The average molecular weight is 254 g/mol. The minimum absolute atomic E-state index is 0.0958. The standard InChI is InChI=1S/C15H14N2O2/c1-19-13-4-5-14-10(7-13)2-3-11(15(14)18)6-12-8-16-9-17-12/h4-9H,2-3H2,1H3,(H,16,17)/b11-6+. The second-order valence-corrected chi connectivity index (χ2v) is 4.53. The largest absolute Gasteiger partial charge is 0.497 e. The van der Waals surface area contributed by atoms with Crippen LogP contribution in [0.3, 0.4) is 0 Å². The molecule has 0 radical (unpaired) electrons. The molecule has 0 aliphatic heterocycles. The van der Waals surface area contributed by atoms with Gasteiger partial charge in [0.05, 0.1) is 25.3 Å². The van der Waals surface area contributed by atoms with Gasteiger partial charge in [-0.25, -0.2) is 4.98 Å². The average Bonchev–Trinajstić information content (AvgIpc) is 2.94. The van der Waals surface area contributed by atoms with Crippen LogP contribution < -0.4 is 4.74 Å². The minimum atomic E-state index is 0.0958. The molecule has 1 aliphatic rings. The van der Waals surface area contributed by atoms with Gasteiger partial charge in [-0.1, -0.05) is 0 Å². The van der Waals surface area contributed by atoms with Gasteiger partial charge in [-0.05, 0) is 42.7 Å². The number of hydrogen-bond acceptors (Lipinski definition) is 3. The summed E-state index contributed by atoms with van der Waals surface area (Å²) in [5.41, 5.74) is 3.52. The summed E-state index contributed by atoms with van der Waals surface area (Å²) in [6.45, 7) is 0. The first-order chi connectivity index (χ1) is 9.28. The van der Waals surface area contributed by atoms with E-state index in [0.29, 0.717) is 0 Å². The molecule has 1 aromatic heterocycles. The van der Waals surface area contributed by atoms with E-state index in [2.05, 4.69) is 9.97 Å². The number of aromatic amines is 1. The van der Waals surface area contributed by atoms with Crippen LogP contribution in [-0.2, 0) is 6.42 Å². The highest BCUT2D eigenvalue weighted by Gasteiger charge is 2.22. The smallest absolute Gasteiger partial charge is 0.189 e. The number of nitrogens with one attached hydrogen (secondary N) is 1. The number of ether oxygens (including phenoxy) is 1. The van der Waals surface area contributed by atoms with E-state index in [4.69, 9.17) is 4.74 Å². The van der Waals surface area contributed by atoms with Gasteiger partial charge in [0.1, 0.15) is 5.75 Å². The van der Waals surface area contributed by atoms with E-state index in [0.717, 1.165) is 41.0 Å². The zero-order valence-corrected chi connectivity index (χ0v) is 10.6. The SMILES string of the molecule is COc1ccc2c(c1)CC/C(=C\c1cnc[nH]1)C2=O. The van der Waals surface area contributed by atoms with Gasteiger partial charge in [0, 0.05) is 11.1 Å². The number of hydrogen-bond donors (Lipinski definition) is 1. The van der Waals surface area contributed by atoms with Crippen LogP contribution in [0.4, 0.5) is 0 Å². The Balaban J connectivity index is 1.96. The maximum Gasteiger partial charge on any atom is 0.189 e. The fraction of sp³-hybridized carbons (Fsp3) is 0.200. The van der Waals surface area contributed by atoms with Gasteiger partial charge in [-0.15, -0.1) is 0 Å². The van der Waals surface area contributed by atoms with E-state index in [-0.39, 0.29) is 5.78 Å². The molecule has 1 N–H and O–H groups in total. The van der Waals surface area contributed by atoms with Crippen LogP contribution in [0.1, 0.15) is 28.0 Å². The van der Waals surface area contributed by atoms with Crippen molar-refractivity contribution in [2.24, 2.45) is 0 Å². The maximum absolute atomic E-state index is 12.4. The fourth-order valence-electron chi connectivity index (χ4n) is 2.35. The molecule has 0 amide bonds. The highest BCUT2D eigenvalue weighted by molar-refractivity contribution is 6.13. The van der Waals surface area contributed by atoms with Crippen molar-refractivity contribution in [2.45, 2.75) is 12.8 Å². The number of imidazole rings is 1. The van der Waals surface area contributed by atoms with Gasteiger partial charge in [0.2, 0.25) is 0 Å². The fourth-order valence-corrected chi connectivity index (χ4v) is 2.35. The number of Topliss-reactive ketones (excluding diaryl/α,β-unsaturated/α-hetero) is 1. The third-order valence-corrected chi connectivity index (χ3v) is 3.36. The number of aryl methyl sites for hydroxylation is 1. The molecule has 0 unspecified atom stereocenters. The van der Waals surface area contributed by atoms with Crippen molar-refractivity contribution in [1.29, 1.82) is 0 Å². The van der Waals surface area contributed by atoms with Gasteiger partial charge in [-0.2, -0.15) is 0 Å². The highest BCUT2D eigenvalue weighted by Crippen LogP contribution is 2.29. The Bertz CT molecular complexity index is 642. The Hall–Kier alpha value is -2.36. The summed E-state index contributed by atoms with van der Waals surface area (Å²) in [6.07, 6.45) is 6.81. The lowest BCUT2D eigenvalue weighted by Crippen LogP contribution is -2.14. The van der Waals surface area contributed by atoms with Gasteiger partial charge < -0.3 is 9.72 Å². The number of carbonyl (C=O) groups is 1. The van der Waals surface area contributed by atoms with Crippen LogP contribution in [0.25, 0.3) is 6.08 Å². The number of nitrogens with zero attached hydrogens (tertiary/aromatic N) is 1. The molecule has 0 spiro atoms. The molecule has 3 rings (SSSR count). The summed E-state index contributed by atoms with van der Waals surface area (Å²) in [7, 11) is 1.63. The number of H-pyrrole nitrogens is 1.